The van der Waals surface area contributed by atoms with E-state index in [1.54, 1.807) is 0 Å². The summed E-state index contributed by atoms with van der Waals surface area (Å²) in [5.41, 5.74) is 0. The molecule has 1 fully saturated rings. The van der Waals surface area contributed by atoms with Crippen LogP contribution in [-0.2, 0) is 4.74 Å². The summed E-state index contributed by atoms with van der Waals surface area (Å²) >= 11 is 0. The van der Waals surface area contributed by atoms with Crippen molar-refractivity contribution in [2.45, 2.75) is 19.4 Å². The number of nitrogens with zero attached hydrogens (tertiary/aromatic N) is 1. The molecule has 1 aliphatic heterocycles. The van der Waals surface area contributed by atoms with E-state index in [0.717, 1.165) is 19.8 Å². The SMILES string of the molecule is CCC1COCCN1P. The monoisotopic (exact) mass is 147 g/mol. The zero-order valence-corrected chi connectivity index (χ0v) is 6.99. The average Bonchev–Trinajstić information content (AvgIpc) is 1.89. The van der Waals surface area contributed by atoms with E-state index in [4.69, 9.17) is 4.74 Å². The van der Waals surface area contributed by atoms with Gasteiger partial charge in [0, 0.05) is 12.6 Å². The van der Waals surface area contributed by atoms with Gasteiger partial charge in [0.15, 0.2) is 0 Å². The Balaban J connectivity index is 2.30. The van der Waals surface area contributed by atoms with E-state index in [9.17, 15) is 0 Å². The molecule has 0 bridgehead atoms. The smallest absolute Gasteiger partial charge is 0.0625 e. The van der Waals surface area contributed by atoms with Gasteiger partial charge in [-0.25, -0.2) is 0 Å². The molecule has 0 spiro atoms. The molecule has 2 atom stereocenters. The van der Waals surface area contributed by atoms with Crippen LogP contribution in [0.25, 0.3) is 0 Å². The lowest BCUT2D eigenvalue weighted by atomic mass is 10.2. The van der Waals surface area contributed by atoms with E-state index in [-0.39, 0.29) is 0 Å². The summed E-state index contributed by atoms with van der Waals surface area (Å²) in [6, 6.07) is 0.628. The van der Waals surface area contributed by atoms with Crippen molar-refractivity contribution in [1.29, 1.82) is 0 Å². The Morgan fingerprint density at radius 1 is 1.78 bits per heavy atom. The van der Waals surface area contributed by atoms with Gasteiger partial charge in [0.1, 0.15) is 0 Å². The number of ether oxygens (including phenoxy) is 1. The van der Waals surface area contributed by atoms with Crippen LogP contribution in [-0.4, -0.2) is 30.5 Å². The molecule has 2 unspecified atom stereocenters. The standard InChI is InChI=1S/C6H14NOP/c1-2-6-5-8-4-3-7(6)9/h6H,2-5,9H2,1H3. The fourth-order valence-corrected chi connectivity index (χ4v) is 1.42. The molecule has 1 heterocycles. The molecule has 0 aromatic heterocycles. The maximum Gasteiger partial charge on any atom is 0.0625 e. The lowest BCUT2D eigenvalue weighted by Crippen LogP contribution is -2.38. The number of hydrogen-bond acceptors (Lipinski definition) is 2. The minimum Gasteiger partial charge on any atom is -0.378 e. The summed E-state index contributed by atoms with van der Waals surface area (Å²) in [7, 11) is 2.74. The van der Waals surface area contributed by atoms with Gasteiger partial charge < -0.3 is 4.74 Å². The fraction of sp³-hybridized carbons (Fsp3) is 1.00. The number of hydrogen-bond donors (Lipinski definition) is 0. The zero-order chi connectivity index (χ0) is 6.69. The van der Waals surface area contributed by atoms with E-state index in [0.29, 0.717) is 6.04 Å². The molecular weight excluding hydrogens is 133 g/mol. The first-order valence-corrected chi connectivity index (χ1v) is 3.95. The third-order valence-corrected chi connectivity index (χ3v) is 2.42. The van der Waals surface area contributed by atoms with Crippen molar-refractivity contribution in [3.63, 3.8) is 0 Å². The molecule has 0 aromatic rings. The summed E-state index contributed by atoms with van der Waals surface area (Å²) in [5, 5.41) is 0. The van der Waals surface area contributed by atoms with Gasteiger partial charge in [0.2, 0.25) is 0 Å². The van der Waals surface area contributed by atoms with Gasteiger partial charge in [-0.15, -0.1) is 0 Å². The lowest BCUT2D eigenvalue weighted by molar-refractivity contribution is 0.0357. The Bertz CT molecular complexity index is 89.1. The highest BCUT2D eigenvalue weighted by molar-refractivity contribution is 7.13. The second kappa shape index (κ2) is 3.50. The third-order valence-electron chi connectivity index (χ3n) is 1.74. The predicted molar refractivity (Wildman–Crippen MR) is 41.3 cm³/mol. The molecule has 2 nitrogen and oxygen atoms in total. The Hall–Kier alpha value is 0.350. The zero-order valence-electron chi connectivity index (χ0n) is 5.84. The van der Waals surface area contributed by atoms with Crippen molar-refractivity contribution in [3.8, 4) is 0 Å². The van der Waals surface area contributed by atoms with Gasteiger partial charge in [-0.2, -0.15) is 0 Å². The van der Waals surface area contributed by atoms with Crippen LogP contribution in [0.5, 0.6) is 0 Å². The van der Waals surface area contributed by atoms with Crippen molar-refractivity contribution in [2.24, 2.45) is 0 Å². The molecular formula is C6H14NOP. The van der Waals surface area contributed by atoms with E-state index in [1.807, 2.05) is 0 Å². The maximum atomic E-state index is 5.29. The van der Waals surface area contributed by atoms with Crippen LogP contribution in [0.15, 0.2) is 0 Å². The third kappa shape index (κ3) is 1.89. The topological polar surface area (TPSA) is 12.5 Å². The number of rotatable bonds is 1. The molecule has 1 rings (SSSR count). The molecule has 0 radical (unpaired) electrons. The quantitative estimate of drug-likeness (QED) is 0.511. The molecule has 0 N–H and O–H groups in total. The van der Waals surface area contributed by atoms with Crippen LogP contribution >= 0.6 is 9.39 Å². The van der Waals surface area contributed by atoms with Crippen LogP contribution < -0.4 is 0 Å². The van der Waals surface area contributed by atoms with Crippen molar-refractivity contribution >= 4 is 9.39 Å². The normalized spacial score (nSPS) is 30.7. The molecule has 9 heavy (non-hydrogen) atoms. The van der Waals surface area contributed by atoms with Gasteiger partial charge >= 0.3 is 0 Å². The first-order valence-electron chi connectivity index (χ1n) is 3.43. The van der Waals surface area contributed by atoms with Crippen molar-refractivity contribution in [1.82, 2.24) is 4.67 Å². The van der Waals surface area contributed by atoms with Gasteiger partial charge in [-0.3, -0.25) is 4.67 Å². The van der Waals surface area contributed by atoms with Crippen LogP contribution in [0, 0.1) is 0 Å². The molecule has 0 saturated carbocycles. The van der Waals surface area contributed by atoms with E-state index >= 15 is 0 Å². The van der Waals surface area contributed by atoms with Gasteiger partial charge in [-0.05, 0) is 6.42 Å². The lowest BCUT2D eigenvalue weighted by Gasteiger charge is -2.30. The summed E-state index contributed by atoms with van der Waals surface area (Å²) < 4.78 is 7.57. The minimum absolute atomic E-state index is 0.628. The van der Waals surface area contributed by atoms with Crippen molar-refractivity contribution in [3.05, 3.63) is 0 Å². The molecule has 0 aromatic carbocycles. The van der Waals surface area contributed by atoms with Crippen LogP contribution in [0.3, 0.4) is 0 Å². The predicted octanol–water partition coefficient (Wildman–Crippen LogP) is 0.887. The second-order valence-electron chi connectivity index (χ2n) is 2.37. The fourth-order valence-electron chi connectivity index (χ4n) is 1.02. The van der Waals surface area contributed by atoms with Crippen molar-refractivity contribution in [2.75, 3.05) is 19.8 Å². The summed E-state index contributed by atoms with van der Waals surface area (Å²) in [6.07, 6.45) is 1.18. The molecule has 0 amide bonds. The molecule has 54 valence electrons. The van der Waals surface area contributed by atoms with Crippen LogP contribution in [0.1, 0.15) is 13.3 Å². The van der Waals surface area contributed by atoms with Gasteiger partial charge in [0.05, 0.1) is 13.2 Å². The highest BCUT2D eigenvalue weighted by Crippen LogP contribution is 2.13. The largest absolute Gasteiger partial charge is 0.378 e. The first-order chi connectivity index (χ1) is 4.34. The van der Waals surface area contributed by atoms with E-state index < -0.39 is 0 Å². The molecule has 0 aliphatic carbocycles. The maximum absolute atomic E-state index is 5.29. The second-order valence-corrected chi connectivity index (χ2v) is 3.04. The molecule has 1 aliphatic rings. The van der Waals surface area contributed by atoms with E-state index in [2.05, 4.69) is 21.0 Å². The highest BCUT2D eigenvalue weighted by atomic mass is 31.0. The van der Waals surface area contributed by atoms with Crippen LogP contribution in [0.4, 0.5) is 0 Å². The van der Waals surface area contributed by atoms with E-state index in [1.165, 1.54) is 6.42 Å². The summed E-state index contributed by atoms with van der Waals surface area (Å²) in [4.78, 5) is 0. The summed E-state index contributed by atoms with van der Waals surface area (Å²) in [6.45, 7) is 5.04. The average molecular weight is 147 g/mol. The summed E-state index contributed by atoms with van der Waals surface area (Å²) in [5.74, 6) is 0. The first kappa shape index (κ1) is 7.46. The van der Waals surface area contributed by atoms with Crippen LogP contribution in [0.2, 0.25) is 0 Å². The van der Waals surface area contributed by atoms with Gasteiger partial charge in [0.25, 0.3) is 0 Å². The van der Waals surface area contributed by atoms with Crippen molar-refractivity contribution < 1.29 is 4.74 Å². The Morgan fingerprint density at radius 3 is 3.00 bits per heavy atom. The Labute approximate surface area is 58.8 Å². The number of morpholine rings is 1. The Morgan fingerprint density at radius 2 is 2.56 bits per heavy atom. The van der Waals surface area contributed by atoms with Gasteiger partial charge in [-0.1, -0.05) is 16.3 Å². The Kier molecular flexibility index (Phi) is 2.90. The molecule has 3 heteroatoms. The molecule has 1 saturated heterocycles. The minimum atomic E-state index is 0.628. The highest BCUT2D eigenvalue weighted by Gasteiger charge is 2.16.